The van der Waals surface area contributed by atoms with Gasteiger partial charge in [0.05, 0.1) is 6.61 Å². The third kappa shape index (κ3) is 6.62. The number of nitrogens with one attached hydrogen (secondary N) is 1. The van der Waals surface area contributed by atoms with E-state index in [9.17, 15) is 0 Å². The normalized spacial score (nSPS) is 10.8. The summed E-state index contributed by atoms with van der Waals surface area (Å²) in [7, 11) is 0. The Hall–Kier alpha value is -0.830. The highest BCUT2D eigenvalue weighted by molar-refractivity contribution is 4.54. The van der Waals surface area contributed by atoms with E-state index in [1.54, 1.807) is 0 Å². The third-order valence-corrected chi connectivity index (χ3v) is 2.74. The highest BCUT2D eigenvalue weighted by Gasteiger charge is 1.96. The molecule has 1 aromatic rings. The van der Waals surface area contributed by atoms with E-state index in [1.807, 2.05) is 23.3 Å². The molecule has 0 spiro atoms. The number of H-pyrrole nitrogens is 1. The van der Waals surface area contributed by atoms with Gasteiger partial charge in [-0.2, -0.15) is 0 Å². The molecule has 1 N–H and O–H groups in total. The minimum atomic E-state index is 0.666. The van der Waals surface area contributed by atoms with Crippen LogP contribution in [0.5, 0.6) is 0 Å². The van der Waals surface area contributed by atoms with Crippen molar-refractivity contribution >= 4 is 0 Å². The lowest BCUT2D eigenvalue weighted by atomic mass is 10.1. The lowest BCUT2D eigenvalue weighted by Crippen LogP contribution is -2.32. The molecule has 3 heteroatoms. The van der Waals surface area contributed by atoms with Crippen LogP contribution in [0.3, 0.4) is 0 Å². The van der Waals surface area contributed by atoms with Crippen LogP contribution in [-0.2, 0) is 11.5 Å². The summed E-state index contributed by atoms with van der Waals surface area (Å²) in [6.45, 7) is 3.80. The van der Waals surface area contributed by atoms with Crippen molar-refractivity contribution < 1.29 is 9.30 Å². The SMILES string of the molecule is CCCCCCCCCOC[n+]1cc[nH]c1. The van der Waals surface area contributed by atoms with Crippen molar-refractivity contribution in [2.45, 2.75) is 58.6 Å². The Morgan fingerprint density at radius 3 is 2.50 bits per heavy atom. The fraction of sp³-hybridized carbons (Fsp3) is 0.769. The van der Waals surface area contributed by atoms with Crippen molar-refractivity contribution in [3.63, 3.8) is 0 Å². The summed E-state index contributed by atoms with van der Waals surface area (Å²) in [5.41, 5.74) is 0. The first-order valence-corrected chi connectivity index (χ1v) is 6.53. The van der Waals surface area contributed by atoms with Crippen molar-refractivity contribution in [3.05, 3.63) is 18.7 Å². The summed E-state index contributed by atoms with van der Waals surface area (Å²) >= 11 is 0. The third-order valence-electron chi connectivity index (χ3n) is 2.74. The molecule has 0 amide bonds. The molecule has 0 aliphatic heterocycles. The quantitative estimate of drug-likeness (QED) is 0.481. The van der Waals surface area contributed by atoms with Gasteiger partial charge in [-0.05, 0) is 6.42 Å². The second-order valence-electron chi connectivity index (χ2n) is 4.28. The van der Waals surface area contributed by atoms with Crippen LogP contribution in [0.4, 0.5) is 0 Å². The maximum absolute atomic E-state index is 5.55. The zero-order valence-electron chi connectivity index (χ0n) is 10.5. The molecule has 1 aromatic heterocycles. The topological polar surface area (TPSA) is 28.9 Å². The van der Waals surface area contributed by atoms with Gasteiger partial charge in [0, 0.05) is 0 Å². The van der Waals surface area contributed by atoms with Crippen molar-refractivity contribution in [3.8, 4) is 0 Å². The molecule has 0 saturated carbocycles. The highest BCUT2D eigenvalue weighted by Crippen LogP contribution is 2.06. The number of unbranched alkanes of at least 4 members (excludes halogenated alkanes) is 6. The molecule has 0 saturated heterocycles. The number of nitrogens with zero attached hydrogens (tertiary/aromatic N) is 1. The number of rotatable bonds is 10. The van der Waals surface area contributed by atoms with E-state index in [1.165, 1.54) is 44.9 Å². The molecule has 0 aliphatic carbocycles. The summed E-state index contributed by atoms with van der Waals surface area (Å²) in [6.07, 6.45) is 15.2. The van der Waals surface area contributed by atoms with Gasteiger partial charge in [0.25, 0.3) is 0 Å². The van der Waals surface area contributed by atoms with E-state index in [0.29, 0.717) is 6.73 Å². The van der Waals surface area contributed by atoms with E-state index in [2.05, 4.69) is 11.9 Å². The van der Waals surface area contributed by atoms with Crippen molar-refractivity contribution in [2.24, 2.45) is 0 Å². The molecular weight excluding hydrogens is 200 g/mol. The number of hydrogen-bond acceptors (Lipinski definition) is 1. The lowest BCUT2D eigenvalue weighted by Gasteiger charge is -2.02. The van der Waals surface area contributed by atoms with Crippen molar-refractivity contribution in [2.75, 3.05) is 6.61 Å². The molecule has 0 fully saturated rings. The molecule has 1 rings (SSSR count). The van der Waals surface area contributed by atoms with E-state index in [0.717, 1.165) is 6.61 Å². The molecule has 0 atom stereocenters. The van der Waals surface area contributed by atoms with Crippen LogP contribution in [0.1, 0.15) is 51.9 Å². The molecule has 0 aromatic carbocycles. The van der Waals surface area contributed by atoms with E-state index in [-0.39, 0.29) is 0 Å². The largest absolute Gasteiger partial charge is 0.342 e. The molecule has 0 unspecified atom stereocenters. The van der Waals surface area contributed by atoms with Crippen LogP contribution in [0, 0.1) is 0 Å². The van der Waals surface area contributed by atoms with Crippen LogP contribution in [-0.4, -0.2) is 11.6 Å². The van der Waals surface area contributed by atoms with Gasteiger partial charge < -0.3 is 4.74 Å². The predicted octanol–water partition coefficient (Wildman–Crippen LogP) is 3.03. The van der Waals surface area contributed by atoms with Gasteiger partial charge in [0.2, 0.25) is 6.33 Å². The average molecular weight is 225 g/mol. The van der Waals surface area contributed by atoms with Crippen molar-refractivity contribution in [1.29, 1.82) is 0 Å². The Labute approximate surface area is 98.8 Å². The molecule has 16 heavy (non-hydrogen) atoms. The Morgan fingerprint density at radius 2 is 1.81 bits per heavy atom. The second-order valence-corrected chi connectivity index (χ2v) is 4.28. The minimum absolute atomic E-state index is 0.666. The molecule has 0 bridgehead atoms. The standard InChI is InChI=1S/C13H24N2O/c1-2-3-4-5-6-7-8-11-16-13-15-10-9-14-12-15/h9-10,12H,2-8,11,13H2,1H3/p+1. The van der Waals surface area contributed by atoms with E-state index < -0.39 is 0 Å². The van der Waals surface area contributed by atoms with Crippen LogP contribution in [0.25, 0.3) is 0 Å². The summed E-state index contributed by atoms with van der Waals surface area (Å²) in [6, 6.07) is 0. The van der Waals surface area contributed by atoms with Gasteiger partial charge in [-0.1, -0.05) is 45.4 Å². The zero-order chi connectivity index (χ0) is 11.5. The van der Waals surface area contributed by atoms with Gasteiger partial charge in [-0.3, -0.25) is 4.98 Å². The summed E-state index contributed by atoms with van der Waals surface area (Å²) in [5.74, 6) is 0. The molecule has 0 aliphatic rings. The van der Waals surface area contributed by atoms with Gasteiger partial charge in [0.1, 0.15) is 12.4 Å². The number of aromatic amines is 1. The number of hydrogen-bond donors (Lipinski definition) is 1. The maximum Gasteiger partial charge on any atom is 0.243 e. The number of imidazole rings is 1. The predicted molar refractivity (Wildman–Crippen MR) is 64.9 cm³/mol. The fourth-order valence-corrected chi connectivity index (χ4v) is 1.73. The van der Waals surface area contributed by atoms with Crippen molar-refractivity contribution in [1.82, 2.24) is 4.98 Å². The van der Waals surface area contributed by atoms with Crippen LogP contribution >= 0.6 is 0 Å². The average Bonchev–Trinajstić information content (AvgIpc) is 2.80. The highest BCUT2D eigenvalue weighted by atomic mass is 16.5. The Balaban J connectivity index is 1.78. The molecule has 3 nitrogen and oxygen atoms in total. The van der Waals surface area contributed by atoms with Gasteiger partial charge in [0.15, 0.2) is 6.73 Å². The molecular formula is C13H25N2O+. The van der Waals surface area contributed by atoms with Gasteiger partial charge in [-0.25, -0.2) is 4.57 Å². The smallest absolute Gasteiger partial charge is 0.243 e. The molecule has 1 heterocycles. The first kappa shape index (κ1) is 13.2. The number of aromatic nitrogens is 2. The van der Waals surface area contributed by atoms with Crippen LogP contribution in [0.2, 0.25) is 0 Å². The first-order chi connectivity index (χ1) is 7.93. The Morgan fingerprint density at radius 1 is 1.06 bits per heavy atom. The van der Waals surface area contributed by atoms with Gasteiger partial charge in [-0.15, -0.1) is 0 Å². The lowest BCUT2D eigenvalue weighted by molar-refractivity contribution is -0.731. The zero-order valence-corrected chi connectivity index (χ0v) is 10.5. The maximum atomic E-state index is 5.55. The fourth-order valence-electron chi connectivity index (χ4n) is 1.73. The van der Waals surface area contributed by atoms with E-state index >= 15 is 0 Å². The van der Waals surface area contributed by atoms with Gasteiger partial charge >= 0.3 is 0 Å². The van der Waals surface area contributed by atoms with E-state index in [4.69, 9.17) is 4.74 Å². The Bertz CT molecular complexity index is 234. The molecule has 0 radical (unpaired) electrons. The van der Waals surface area contributed by atoms with Crippen LogP contribution in [0.15, 0.2) is 18.7 Å². The monoisotopic (exact) mass is 225 g/mol. The van der Waals surface area contributed by atoms with Crippen LogP contribution < -0.4 is 4.57 Å². The summed E-state index contributed by atoms with van der Waals surface area (Å²) in [4.78, 5) is 2.99. The first-order valence-electron chi connectivity index (χ1n) is 6.53. The summed E-state index contributed by atoms with van der Waals surface area (Å²) in [5, 5.41) is 0. The minimum Gasteiger partial charge on any atom is -0.342 e. The molecule has 92 valence electrons. The Kier molecular flexibility index (Phi) is 7.78. The summed E-state index contributed by atoms with van der Waals surface area (Å²) < 4.78 is 7.55. The second kappa shape index (κ2) is 9.40. The number of ether oxygens (including phenoxy) is 1.